The molecule has 0 saturated heterocycles. The van der Waals surface area contributed by atoms with Gasteiger partial charge in [0.2, 0.25) is 0 Å². The molecule has 5 aromatic carbocycles. The van der Waals surface area contributed by atoms with Crippen LogP contribution in [-0.4, -0.2) is 0 Å². The van der Waals surface area contributed by atoms with Crippen LogP contribution in [0.25, 0.3) is 44.5 Å². The van der Waals surface area contributed by atoms with Crippen molar-refractivity contribution in [1.29, 1.82) is 0 Å². The van der Waals surface area contributed by atoms with E-state index >= 15 is 0 Å². The van der Waals surface area contributed by atoms with E-state index in [0.717, 1.165) is 0 Å². The Morgan fingerprint density at radius 3 is 0.794 bits per heavy atom. The van der Waals surface area contributed by atoms with Crippen LogP contribution in [-0.2, 0) is 0 Å². The van der Waals surface area contributed by atoms with Gasteiger partial charge in [-0.2, -0.15) is 0 Å². The molecule has 0 unspecified atom stereocenters. The number of aryl methyl sites for hydroxylation is 4. The maximum atomic E-state index is 2.33. The summed E-state index contributed by atoms with van der Waals surface area (Å²) in [6.45, 7) is 8.84. The lowest BCUT2D eigenvalue weighted by Gasteiger charge is -2.15. The highest BCUT2D eigenvalue weighted by molar-refractivity contribution is 5.80. The molecule has 34 heavy (non-hydrogen) atoms. The van der Waals surface area contributed by atoms with Crippen molar-refractivity contribution in [1.82, 2.24) is 0 Å². The molecule has 0 amide bonds. The third-order valence-corrected chi connectivity index (χ3v) is 6.82. The molecular weight excluding hydrogens is 408 g/mol. The van der Waals surface area contributed by atoms with Crippen molar-refractivity contribution in [3.05, 3.63) is 131 Å². The third kappa shape index (κ3) is 4.20. The van der Waals surface area contributed by atoms with Crippen LogP contribution in [0.15, 0.2) is 109 Å². The summed E-state index contributed by atoms with van der Waals surface area (Å²) in [6, 6.07) is 39.7. The van der Waals surface area contributed by atoms with Crippen molar-refractivity contribution in [3.8, 4) is 44.5 Å². The zero-order chi connectivity index (χ0) is 23.7. The number of hydrogen-bond donors (Lipinski definition) is 0. The second-order valence-corrected chi connectivity index (χ2v) is 9.27. The predicted molar refractivity (Wildman–Crippen MR) is 147 cm³/mol. The minimum absolute atomic E-state index is 1.26. The van der Waals surface area contributed by atoms with Crippen LogP contribution in [0.2, 0.25) is 0 Å². The van der Waals surface area contributed by atoms with E-state index in [1.165, 1.54) is 66.8 Å². The van der Waals surface area contributed by atoms with Gasteiger partial charge >= 0.3 is 0 Å². The molecule has 5 aromatic rings. The molecule has 0 fully saturated rings. The number of hydrogen-bond acceptors (Lipinski definition) is 0. The number of benzene rings is 5. The fourth-order valence-corrected chi connectivity index (χ4v) is 4.94. The Hall–Kier alpha value is -3.90. The summed E-state index contributed by atoms with van der Waals surface area (Å²) < 4.78 is 0. The van der Waals surface area contributed by atoms with E-state index in [2.05, 4.69) is 137 Å². The Kier molecular flexibility index (Phi) is 5.90. The normalized spacial score (nSPS) is 10.9. The fraction of sp³-hybridized carbons (Fsp3) is 0.118. The third-order valence-electron chi connectivity index (χ3n) is 6.82. The minimum Gasteiger partial charge on any atom is -0.0622 e. The molecule has 0 atom stereocenters. The van der Waals surface area contributed by atoms with Crippen LogP contribution < -0.4 is 0 Å². The van der Waals surface area contributed by atoms with E-state index in [0.29, 0.717) is 0 Å². The highest BCUT2D eigenvalue weighted by atomic mass is 14.2. The highest BCUT2D eigenvalue weighted by Crippen LogP contribution is 2.35. The number of rotatable bonds is 4. The van der Waals surface area contributed by atoms with E-state index in [9.17, 15) is 0 Å². The zero-order valence-electron chi connectivity index (χ0n) is 20.4. The van der Waals surface area contributed by atoms with Crippen molar-refractivity contribution in [2.24, 2.45) is 0 Å². The second-order valence-electron chi connectivity index (χ2n) is 9.27. The van der Waals surface area contributed by atoms with E-state index in [1.54, 1.807) is 0 Å². The van der Waals surface area contributed by atoms with Crippen LogP contribution >= 0.6 is 0 Å². The van der Waals surface area contributed by atoms with Gasteiger partial charge in [-0.1, -0.05) is 109 Å². The lowest BCUT2D eigenvalue weighted by molar-refractivity contribution is 1.38. The SMILES string of the molecule is Cc1cc(-c2ccc(-c3cc(C)c(-c4ccccc4)cc3C)cc2)c(C)cc1-c1ccccc1. The Morgan fingerprint density at radius 1 is 0.294 bits per heavy atom. The minimum atomic E-state index is 1.26. The Balaban J connectivity index is 1.48. The van der Waals surface area contributed by atoms with Crippen LogP contribution in [0.5, 0.6) is 0 Å². The fourth-order valence-electron chi connectivity index (χ4n) is 4.94. The molecule has 0 aliphatic rings. The van der Waals surface area contributed by atoms with Crippen molar-refractivity contribution < 1.29 is 0 Å². The average molecular weight is 439 g/mol. The molecule has 0 bridgehead atoms. The molecular formula is C34H30. The van der Waals surface area contributed by atoms with Gasteiger partial charge in [0.05, 0.1) is 0 Å². The Bertz CT molecular complexity index is 1330. The molecule has 0 heterocycles. The molecule has 0 aliphatic heterocycles. The van der Waals surface area contributed by atoms with E-state index in [1.807, 2.05) is 0 Å². The molecule has 0 spiro atoms. The zero-order valence-corrected chi connectivity index (χ0v) is 20.4. The largest absolute Gasteiger partial charge is 0.0622 e. The van der Waals surface area contributed by atoms with Gasteiger partial charge in [0, 0.05) is 0 Å². The first-order valence-electron chi connectivity index (χ1n) is 12.0. The van der Waals surface area contributed by atoms with Gasteiger partial charge in [0.25, 0.3) is 0 Å². The molecule has 166 valence electrons. The first kappa shape index (κ1) is 21.9. The standard InChI is InChI=1S/C34H30/c1-23-21-33(25(3)19-31(23)27-11-7-5-8-12-27)29-15-17-30(18-16-29)34-22-24(2)32(20-26(34)4)28-13-9-6-10-14-28/h5-22H,1-4H3. The molecule has 0 aliphatic carbocycles. The summed E-state index contributed by atoms with van der Waals surface area (Å²) in [6.07, 6.45) is 0. The van der Waals surface area contributed by atoms with Gasteiger partial charge in [-0.25, -0.2) is 0 Å². The summed E-state index contributed by atoms with van der Waals surface area (Å²) >= 11 is 0. The summed E-state index contributed by atoms with van der Waals surface area (Å²) in [5.41, 5.74) is 15.5. The Morgan fingerprint density at radius 2 is 0.529 bits per heavy atom. The lowest BCUT2D eigenvalue weighted by Crippen LogP contribution is -1.92. The van der Waals surface area contributed by atoms with Crippen molar-refractivity contribution in [2.45, 2.75) is 27.7 Å². The maximum Gasteiger partial charge on any atom is -0.0152 e. The summed E-state index contributed by atoms with van der Waals surface area (Å²) in [4.78, 5) is 0. The summed E-state index contributed by atoms with van der Waals surface area (Å²) in [5.74, 6) is 0. The first-order valence-corrected chi connectivity index (χ1v) is 12.0. The topological polar surface area (TPSA) is 0 Å². The van der Waals surface area contributed by atoms with Gasteiger partial charge in [0.15, 0.2) is 0 Å². The quantitative estimate of drug-likeness (QED) is 0.262. The smallest absolute Gasteiger partial charge is 0.0152 e. The van der Waals surface area contributed by atoms with E-state index < -0.39 is 0 Å². The van der Waals surface area contributed by atoms with Gasteiger partial charge in [-0.3, -0.25) is 0 Å². The molecule has 0 saturated carbocycles. The summed E-state index contributed by atoms with van der Waals surface area (Å²) in [7, 11) is 0. The monoisotopic (exact) mass is 438 g/mol. The van der Waals surface area contributed by atoms with Gasteiger partial charge < -0.3 is 0 Å². The maximum absolute atomic E-state index is 2.33. The highest BCUT2D eigenvalue weighted by Gasteiger charge is 2.11. The van der Waals surface area contributed by atoms with Crippen LogP contribution in [0.3, 0.4) is 0 Å². The molecule has 0 heteroatoms. The van der Waals surface area contributed by atoms with Crippen LogP contribution in [0.4, 0.5) is 0 Å². The first-order chi connectivity index (χ1) is 16.5. The average Bonchev–Trinajstić information content (AvgIpc) is 2.87. The molecule has 0 nitrogen and oxygen atoms in total. The molecule has 5 rings (SSSR count). The second kappa shape index (κ2) is 9.15. The van der Waals surface area contributed by atoms with Gasteiger partial charge in [-0.15, -0.1) is 0 Å². The summed E-state index contributed by atoms with van der Waals surface area (Å²) in [5, 5.41) is 0. The van der Waals surface area contributed by atoms with Crippen LogP contribution in [0.1, 0.15) is 22.3 Å². The predicted octanol–water partition coefficient (Wildman–Crippen LogP) is 9.59. The van der Waals surface area contributed by atoms with E-state index in [-0.39, 0.29) is 0 Å². The lowest BCUT2D eigenvalue weighted by atomic mass is 9.89. The van der Waals surface area contributed by atoms with E-state index in [4.69, 9.17) is 0 Å². The van der Waals surface area contributed by atoms with Crippen molar-refractivity contribution in [2.75, 3.05) is 0 Å². The van der Waals surface area contributed by atoms with Gasteiger partial charge in [0.1, 0.15) is 0 Å². The van der Waals surface area contributed by atoms with Crippen molar-refractivity contribution in [3.63, 3.8) is 0 Å². The van der Waals surface area contributed by atoms with Crippen molar-refractivity contribution >= 4 is 0 Å². The molecule has 0 aromatic heterocycles. The Labute approximate surface area is 203 Å². The van der Waals surface area contributed by atoms with Crippen LogP contribution in [0, 0.1) is 27.7 Å². The van der Waals surface area contributed by atoms with Gasteiger partial charge in [-0.05, 0) is 94.5 Å². The molecule has 0 radical (unpaired) electrons. The molecule has 0 N–H and O–H groups in total.